The van der Waals surface area contributed by atoms with Crippen molar-refractivity contribution in [1.82, 2.24) is 4.57 Å². The van der Waals surface area contributed by atoms with Crippen LogP contribution in [0.3, 0.4) is 0 Å². The van der Waals surface area contributed by atoms with E-state index in [1.807, 2.05) is 6.07 Å². The van der Waals surface area contributed by atoms with Crippen LogP contribution >= 0.6 is 50.6 Å². The smallest absolute Gasteiger partial charge is 0.279 e. The van der Waals surface area contributed by atoms with Gasteiger partial charge >= 0.3 is 0 Å². The lowest BCUT2D eigenvalue weighted by molar-refractivity contribution is 0.0998. The molecule has 0 aliphatic heterocycles. The second-order valence-electron chi connectivity index (χ2n) is 5.07. The Morgan fingerprint density at radius 3 is 2.92 bits per heavy atom. The molecule has 0 aliphatic carbocycles. The number of nitrogens with zero attached hydrogens (tertiary/aromatic N) is 2. The zero-order valence-electron chi connectivity index (χ0n) is 12.8. The predicted octanol–water partition coefficient (Wildman–Crippen LogP) is 5.22. The number of hydrogen-bond donors (Lipinski definition) is 0. The van der Waals surface area contributed by atoms with Crippen LogP contribution in [0, 0.1) is 0 Å². The van der Waals surface area contributed by atoms with E-state index in [1.54, 1.807) is 36.0 Å². The van der Waals surface area contributed by atoms with Gasteiger partial charge in [0, 0.05) is 27.4 Å². The van der Waals surface area contributed by atoms with Crippen LogP contribution < -0.4 is 4.80 Å². The summed E-state index contributed by atoms with van der Waals surface area (Å²) in [6.45, 7) is 0.810. The minimum absolute atomic E-state index is 0.277. The number of rotatable bonds is 4. The molecule has 24 heavy (non-hydrogen) atoms. The molecule has 1 aromatic heterocycles. The van der Waals surface area contributed by atoms with E-state index in [0.717, 1.165) is 27.0 Å². The maximum absolute atomic E-state index is 12.5. The van der Waals surface area contributed by atoms with E-state index in [2.05, 4.69) is 43.9 Å². The molecule has 0 radical (unpaired) electrons. The van der Waals surface area contributed by atoms with Crippen molar-refractivity contribution < 1.29 is 4.79 Å². The first-order valence-corrected chi connectivity index (χ1v) is 10.6. The molecule has 0 unspecified atom stereocenters. The van der Waals surface area contributed by atoms with Gasteiger partial charge in [0.25, 0.3) is 5.91 Å². The number of benzene rings is 2. The van der Waals surface area contributed by atoms with Gasteiger partial charge in [0.15, 0.2) is 4.80 Å². The Bertz CT molecular complexity index is 965. The molecule has 0 fully saturated rings. The van der Waals surface area contributed by atoms with Gasteiger partial charge in [0.1, 0.15) is 0 Å². The van der Waals surface area contributed by atoms with Gasteiger partial charge < -0.3 is 4.57 Å². The number of fused-ring (bicyclic) bond motifs is 1. The fourth-order valence-electron chi connectivity index (χ4n) is 2.30. The van der Waals surface area contributed by atoms with Crippen molar-refractivity contribution in [2.24, 2.45) is 4.99 Å². The average Bonchev–Trinajstić information content (AvgIpc) is 2.89. The highest BCUT2D eigenvalue weighted by Crippen LogP contribution is 2.22. The highest BCUT2D eigenvalue weighted by molar-refractivity contribution is 9.10. The average molecular weight is 442 g/mol. The van der Waals surface area contributed by atoms with Crippen molar-refractivity contribution in [3.63, 3.8) is 0 Å². The van der Waals surface area contributed by atoms with Gasteiger partial charge in [-0.2, -0.15) is 16.8 Å². The van der Waals surface area contributed by atoms with Crippen LogP contribution in [0.1, 0.15) is 10.4 Å². The van der Waals surface area contributed by atoms with Crippen molar-refractivity contribution in [3.05, 3.63) is 62.3 Å². The lowest BCUT2D eigenvalue weighted by Crippen LogP contribution is -2.18. The van der Waals surface area contributed by atoms with E-state index in [-0.39, 0.29) is 5.91 Å². The quantitative estimate of drug-likeness (QED) is 0.556. The summed E-state index contributed by atoms with van der Waals surface area (Å²) in [6, 6.07) is 13.0. The summed E-state index contributed by atoms with van der Waals surface area (Å²) in [5, 5.41) is 0.534. The highest BCUT2D eigenvalue weighted by atomic mass is 79.9. The number of aromatic nitrogens is 1. The van der Waals surface area contributed by atoms with Gasteiger partial charge in [-0.05, 0) is 42.7 Å². The number of thioether (sulfide) groups is 1. The topological polar surface area (TPSA) is 34.4 Å². The SMILES string of the molecule is CSCCn1c(=NC(=O)c2cccc(Cl)c2)sc2cc(Br)ccc21. The molecule has 0 saturated heterocycles. The molecule has 7 heteroatoms. The van der Waals surface area contributed by atoms with Crippen LogP contribution in [-0.4, -0.2) is 22.5 Å². The van der Waals surface area contributed by atoms with Gasteiger partial charge in [-0.15, -0.1) is 0 Å². The lowest BCUT2D eigenvalue weighted by Gasteiger charge is -2.03. The second kappa shape index (κ2) is 7.87. The van der Waals surface area contributed by atoms with Crippen LogP contribution in [0.4, 0.5) is 0 Å². The Morgan fingerprint density at radius 1 is 1.33 bits per heavy atom. The first-order valence-electron chi connectivity index (χ1n) is 7.21. The standard InChI is InChI=1S/C17H14BrClN2OS2/c1-23-8-7-21-14-6-5-12(18)10-15(14)24-17(21)20-16(22)11-3-2-4-13(19)9-11/h2-6,9-10H,7-8H2,1H3. The molecule has 3 nitrogen and oxygen atoms in total. The summed E-state index contributed by atoms with van der Waals surface area (Å²) >= 11 is 12.8. The molecule has 0 N–H and O–H groups in total. The Labute approximate surface area is 161 Å². The number of hydrogen-bond acceptors (Lipinski definition) is 3. The lowest BCUT2D eigenvalue weighted by atomic mass is 10.2. The fraction of sp³-hybridized carbons (Fsp3) is 0.176. The molecule has 1 heterocycles. The summed E-state index contributed by atoms with van der Waals surface area (Å²) in [7, 11) is 0. The molecule has 3 aromatic rings. The molecule has 0 saturated carbocycles. The van der Waals surface area contributed by atoms with E-state index in [1.165, 1.54) is 11.3 Å². The molecule has 0 bridgehead atoms. The van der Waals surface area contributed by atoms with Gasteiger partial charge in [-0.1, -0.05) is 44.9 Å². The van der Waals surface area contributed by atoms with E-state index >= 15 is 0 Å². The molecule has 2 aromatic carbocycles. The number of amides is 1. The van der Waals surface area contributed by atoms with Crippen molar-refractivity contribution in [1.29, 1.82) is 0 Å². The van der Waals surface area contributed by atoms with E-state index in [9.17, 15) is 4.79 Å². The second-order valence-corrected chi connectivity index (χ2v) is 8.42. The minimum Gasteiger partial charge on any atom is -0.316 e. The third kappa shape index (κ3) is 3.94. The maximum Gasteiger partial charge on any atom is 0.279 e. The van der Waals surface area contributed by atoms with Gasteiger partial charge in [-0.3, -0.25) is 4.79 Å². The van der Waals surface area contributed by atoms with Crippen LogP contribution in [0.25, 0.3) is 10.2 Å². The molecular weight excluding hydrogens is 428 g/mol. The number of aryl methyl sites for hydroxylation is 1. The van der Waals surface area contributed by atoms with Crippen LogP contribution in [0.5, 0.6) is 0 Å². The van der Waals surface area contributed by atoms with E-state index in [4.69, 9.17) is 11.6 Å². The molecular formula is C17H14BrClN2OS2. The number of thiazole rings is 1. The van der Waals surface area contributed by atoms with Crippen molar-refractivity contribution in [2.75, 3.05) is 12.0 Å². The van der Waals surface area contributed by atoms with E-state index in [0.29, 0.717) is 15.4 Å². The normalized spacial score (nSPS) is 12.0. The summed E-state index contributed by atoms with van der Waals surface area (Å²) in [5.74, 6) is 0.682. The summed E-state index contributed by atoms with van der Waals surface area (Å²) in [6.07, 6.45) is 2.07. The zero-order valence-corrected chi connectivity index (χ0v) is 16.8. The van der Waals surface area contributed by atoms with Crippen LogP contribution in [0.15, 0.2) is 51.9 Å². The monoisotopic (exact) mass is 440 g/mol. The summed E-state index contributed by atoms with van der Waals surface area (Å²) in [5.41, 5.74) is 1.59. The number of halogens is 2. The molecule has 1 amide bonds. The van der Waals surface area contributed by atoms with Crippen LogP contribution in [-0.2, 0) is 6.54 Å². The summed E-state index contributed by atoms with van der Waals surface area (Å²) in [4.78, 5) is 17.5. The summed E-state index contributed by atoms with van der Waals surface area (Å²) < 4.78 is 4.22. The van der Waals surface area contributed by atoms with Gasteiger partial charge in [-0.25, -0.2) is 0 Å². The molecule has 0 atom stereocenters. The Morgan fingerprint density at radius 2 is 2.17 bits per heavy atom. The molecule has 124 valence electrons. The minimum atomic E-state index is -0.277. The van der Waals surface area contributed by atoms with Crippen molar-refractivity contribution in [3.8, 4) is 0 Å². The first-order chi connectivity index (χ1) is 11.6. The largest absolute Gasteiger partial charge is 0.316 e. The third-order valence-corrected chi connectivity index (χ3v) is 5.79. The fourth-order valence-corrected chi connectivity index (χ4v) is 4.47. The predicted molar refractivity (Wildman–Crippen MR) is 107 cm³/mol. The Kier molecular flexibility index (Phi) is 5.81. The zero-order chi connectivity index (χ0) is 17.1. The van der Waals surface area contributed by atoms with Crippen LogP contribution in [0.2, 0.25) is 5.02 Å². The van der Waals surface area contributed by atoms with E-state index < -0.39 is 0 Å². The molecule has 3 rings (SSSR count). The number of carbonyl (C=O) groups is 1. The van der Waals surface area contributed by atoms with Crippen molar-refractivity contribution in [2.45, 2.75) is 6.54 Å². The highest BCUT2D eigenvalue weighted by Gasteiger charge is 2.10. The molecule has 0 spiro atoms. The number of carbonyl (C=O) groups excluding carboxylic acids is 1. The maximum atomic E-state index is 12.5. The molecule has 0 aliphatic rings. The van der Waals surface area contributed by atoms with Gasteiger partial charge in [0.05, 0.1) is 10.2 Å². The Hall–Kier alpha value is -1.08. The third-order valence-electron chi connectivity index (χ3n) is 3.43. The van der Waals surface area contributed by atoms with Gasteiger partial charge in [0.2, 0.25) is 0 Å². The first kappa shape index (κ1) is 17.7. The Balaban J connectivity index is 2.11. The van der Waals surface area contributed by atoms with Crippen molar-refractivity contribution >= 4 is 66.8 Å².